The molecule has 0 aliphatic carbocycles. The minimum atomic E-state index is -3.11. The van der Waals surface area contributed by atoms with E-state index in [-0.39, 0.29) is 4.90 Å². The van der Waals surface area contributed by atoms with Crippen molar-refractivity contribution in [2.45, 2.75) is 24.5 Å². The van der Waals surface area contributed by atoms with E-state index in [4.69, 9.17) is 24.8 Å². The molecule has 17 heavy (non-hydrogen) atoms. The molecule has 0 amide bonds. The van der Waals surface area contributed by atoms with Crippen LogP contribution in [0, 0.1) is 0 Å². The van der Waals surface area contributed by atoms with E-state index >= 15 is 0 Å². The first-order chi connectivity index (χ1) is 10.9. The van der Waals surface area contributed by atoms with Crippen LogP contribution in [0.15, 0.2) is 17.0 Å². The van der Waals surface area contributed by atoms with Crippen molar-refractivity contribution in [1.29, 1.82) is 0 Å². The largest absolute Gasteiger partial charge is 0.496 e. The zero-order chi connectivity index (χ0) is 18.8. The molecule has 1 aromatic carbocycles. The van der Waals surface area contributed by atoms with Gasteiger partial charge in [-0.25, -0.2) is 0 Å². The first-order valence-electron chi connectivity index (χ1n) is 8.55. The van der Waals surface area contributed by atoms with Gasteiger partial charge in [0.2, 0.25) is 0 Å². The van der Waals surface area contributed by atoms with E-state index in [9.17, 15) is 0 Å². The van der Waals surface area contributed by atoms with Gasteiger partial charge in [0.15, 0.2) is 0 Å². The standard InChI is InChI=1S/C13H21NO2S/c1-4-7-17-13-9-11(15-2)10(5-6-14)8-12(13)16-3/h8-9H,4-7,14H2,1-3H3/i1D3,4D2,7D2. The molecule has 0 aromatic heterocycles. The van der Waals surface area contributed by atoms with Crippen molar-refractivity contribution in [2.75, 3.05) is 26.5 Å². The number of nitrogens with two attached hydrogens (primary N) is 1. The second kappa shape index (κ2) is 7.45. The molecule has 3 nitrogen and oxygen atoms in total. The van der Waals surface area contributed by atoms with Gasteiger partial charge in [0, 0.05) is 9.60 Å². The van der Waals surface area contributed by atoms with E-state index in [1.54, 1.807) is 6.07 Å². The summed E-state index contributed by atoms with van der Waals surface area (Å²) >= 11 is 0.449. The number of hydrogen-bond donors (Lipinski definition) is 1. The number of hydrogen-bond acceptors (Lipinski definition) is 4. The van der Waals surface area contributed by atoms with Crippen LogP contribution in [0.1, 0.15) is 28.4 Å². The van der Waals surface area contributed by atoms with Crippen LogP contribution in [0.4, 0.5) is 0 Å². The van der Waals surface area contributed by atoms with Crippen LogP contribution in [0.25, 0.3) is 0 Å². The highest BCUT2D eigenvalue weighted by molar-refractivity contribution is 7.99. The third kappa shape index (κ3) is 3.82. The van der Waals surface area contributed by atoms with Crippen molar-refractivity contribution in [3.05, 3.63) is 17.7 Å². The number of thioether (sulfide) groups is 1. The summed E-state index contributed by atoms with van der Waals surface area (Å²) in [6.07, 6.45) is -2.54. The third-order valence-electron chi connectivity index (χ3n) is 2.19. The molecule has 1 aromatic rings. The second-order valence-electron chi connectivity index (χ2n) is 3.18. The average molecular weight is 262 g/mol. The molecule has 0 fully saturated rings. The van der Waals surface area contributed by atoms with E-state index in [1.807, 2.05) is 0 Å². The van der Waals surface area contributed by atoms with Gasteiger partial charge in [0.1, 0.15) is 11.5 Å². The molecule has 0 unspecified atom stereocenters. The van der Waals surface area contributed by atoms with Gasteiger partial charge < -0.3 is 15.2 Å². The van der Waals surface area contributed by atoms with Crippen molar-refractivity contribution >= 4 is 11.8 Å². The molecular formula is C13H21NO2S. The average Bonchev–Trinajstić information content (AvgIpc) is 2.46. The van der Waals surface area contributed by atoms with Crippen LogP contribution in [0.3, 0.4) is 0 Å². The Morgan fingerprint density at radius 2 is 2.12 bits per heavy atom. The quantitative estimate of drug-likeness (QED) is 0.767. The van der Waals surface area contributed by atoms with Gasteiger partial charge in [-0.1, -0.05) is 6.85 Å². The minimum Gasteiger partial charge on any atom is -0.496 e. The number of benzene rings is 1. The number of ether oxygens (including phenoxy) is 2. The number of methoxy groups -OCH3 is 2. The van der Waals surface area contributed by atoms with Crippen molar-refractivity contribution < 1.29 is 19.1 Å². The lowest BCUT2D eigenvalue weighted by Crippen LogP contribution is -2.05. The first-order valence-corrected chi connectivity index (χ1v) is 5.87. The first kappa shape index (κ1) is 6.90. The number of rotatable bonds is 7. The summed E-state index contributed by atoms with van der Waals surface area (Å²) in [5.74, 6) is 0.753. The molecule has 2 N–H and O–H groups in total. The Balaban J connectivity index is 3.31. The van der Waals surface area contributed by atoms with Gasteiger partial charge in [-0.3, -0.25) is 0 Å². The molecular weight excluding hydrogens is 234 g/mol. The predicted molar refractivity (Wildman–Crippen MR) is 73.3 cm³/mol. The van der Waals surface area contributed by atoms with Crippen LogP contribution in [0.5, 0.6) is 11.5 Å². The van der Waals surface area contributed by atoms with Crippen LogP contribution < -0.4 is 15.2 Å². The van der Waals surface area contributed by atoms with E-state index in [0.717, 1.165) is 5.56 Å². The van der Waals surface area contributed by atoms with Crippen molar-refractivity contribution in [2.24, 2.45) is 5.73 Å². The lowest BCUT2D eigenvalue weighted by Gasteiger charge is -2.14. The molecule has 0 atom stereocenters. The van der Waals surface area contributed by atoms with E-state index < -0.39 is 18.9 Å². The molecule has 0 aliphatic heterocycles. The van der Waals surface area contributed by atoms with Gasteiger partial charge in [0.05, 0.1) is 19.1 Å². The summed E-state index contributed by atoms with van der Waals surface area (Å²) in [6, 6.07) is 3.14. The monoisotopic (exact) mass is 262 g/mol. The van der Waals surface area contributed by atoms with Gasteiger partial charge >= 0.3 is 0 Å². The van der Waals surface area contributed by atoms with Crippen LogP contribution in [-0.2, 0) is 6.42 Å². The van der Waals surface area contributed by atoms with Crippen LogP contribution in [-0.4, -0.2) is 26.5 Å². The normalized spacial score (nSPS) is 18.9. The Hall–Kier alpha value is -0.870. The Labute approximate surface area is 118 Å². The predicted octanol–water partition coefficient (Wildman–Crippen LogP) is 2.71. The second-order valence-corrected chi connectivity index (χ2v) is 4.03. The van der Waals surface area contributed by atoms with Gasteiger partial charge in [-0.2, -0.15) is 0 Å². The minimum absolute atomic E-state index is 0.244. The topological polar surface area (TPSA) is 44.5 Å². The summed E-state index contributed by atoms with van der Waals surface area (Å²) in [4.78, 5) is 0.244. The lowest BCUT2D eigenvalue weighted by atomic mass is 10.1. The lowest BCUT2D eigenvalue weighted by molar-refractivity contribution is 0.390. The summed E-state index contributed by atoms with van der Waals surface area (Å²) < 4.78 is 63.5. The van der Waals surface area contributed by atoms with Crippen LogP contribution in [0.2, 0.25) is 0 Å². The zero-order valence-corrected chi connectivity index (χ0v) is 10.7. The Bertz CT molecular complexity index is 578. The van der Waals surface area contributed by atoms with Gasteiger partial charge in [0.25, 0.3) is 0 Å². The van der Waals surface area contributed by atoms with Crippen molar-refractivity contribution in [1.82, 2.24) is 0 Å². The molecule has 0 saturated carbocycles. The highest BCUT2D eigenvalue weighted by atomic mass is 32.2. The van der Waals surface area contributed by atoms with Gasteiger partial charge in [-0.05, 0) is 42.7 Å². The fourth-order valence-electron chi connectivity index (χ4n) is 1.44. The third-order valence-corrected chi connectivity index (χ3v) is 2.94. The molecule has 96 valence electrons. The van der Waals surface area contributed by atoms with E-state index in [2.05, 4.69) is 0 Å². The summed E-state index contributed by atoms with van der Waals surface area (Å²) in [6.45, 7) is -2.73. The molecule has 0 saturated heterocycles. The molecule has 0 spiro atoms. The Kier molecular flexibility index (Phi) is 3.03. The van der Waals surface area contributed by atoms with Gasteiger partial charge in [-0.15, -0.1) is 11.8 Å². The van der Waals surface area contributed by atoms with Crippen LogP contribution >= 0.6 is 11.8 Å². The fourth-order valence-corrected chi connectivity index (χ4v) is 2.01. The maximum absolute atomic E-state index is 7.93. The Morgan fingerprint density at radius 3 is 2.71 bits per heavy atom. The van der Waals surface area contributed by atoms with Crippen molar-refractivity contribution in [3.63, 3.8) is 0 Å². The summed E-state index contributed by atoms with van der Waals surface area (Å²) in [5.41, 5.74) is 3.59. The fraction of sp³-hybridized carbons (Fsp3) is 0.538. The Morgan fingerprint density at radius 1 is 1.35 bits per heavy atom. The highest BCUT2D eigenvalue weighted by Crippen LogP contribution is 2.36. The SMILES string of the molecule is [2H]C([2H])([2H])C([2H])([2H])C([2H])([2H])Sc1cc(OC)c(CCN)cc1OC. The molecule has 0 heterocycles. The van der Waals surface area contributed by atoms with E-state index in [0.29, 0.717) is 36.2 Å². The van der Waals surface area contributed by atoms with Crippen molar-refractivity contribution in [3.8, 4) is 11.5 Å². The summed E-state index contributed by atoms with van der Waals surface area (Å²) in [7, 11) is 2.85. The zero-order valence-electron chi connectivity index (χ0n) is 16.9. The molecule has 0 bridgehead atoms. The molecule has 0 radical (unpaired) electrons. The maximum atomic E-state index is 7.93. The van der Waals surface area contributed by atoms with E-state index in [1.165, 1.54) is 20.3 Å². The summed E-state index contributed by atoms with van der Waals surface area (Å²) in [5, 5.41) is 0. The smallest absolute Gasteiger partial charge is 0.132 e. The molecule has 4 heteroatoms. The highest BCUT2D eigenvalue weighted by Gasteiger charge is 2.10. The maximum Gasteiger partial charge on any atom is 0.132 e. The molecule has 0 aliphatic rings. The molecule has 1 rings (SSSR count).